The van der Waals surface area contributed by atoms with Crippen LogP contribution in [0.2, 0.25) is 0 Å². The highest BCUT2D eigenvalue weighted by atomic mass is 32.2. The predicted molar refractivity (Wildman–Crippen MR) is 76.8 cm³/mol. The number of hydrogen-bond acceptors (Lipinski definition) is 4. The first-order valence-corrected chi connectivity index (χ1v) is 7.92. The number of carbonyl (C=O) groups excluding carboxylic acids is 1. The number of benzene rings is 1. The number of rotatable bonds is 4. The van der Waals surface area contributed by atoms with Crippen molar-refractivity contribution >= 4 is 16.0 Å². The molecular formula is C14H20FNO4S. The van der Waals surface area contributed by atoms with Crippen molar-refractivity contribution in [2.45, 2.75) is 51.2 Å². The summed E-state index contributed by atoms with van der Waals surface area (Å²) in [6.45, 7) is 7.95. The van der Waals surface area contributed by atoms with E-state index in [4.69, 9.17) is 4.74 Å². The van der Waals surface area contributed by atoms with Gasteiger partial charge in [0, 0.05) is 0 Å². The van der Waals surface area contributed by atoms with E-state index in [1.807, 2.05) is 0 Å². The molecule has 0 aliphatic heterocycles. The van der Waals surface area contributed by atoms with E-state index in [2.05, 4.69) is 4.72 Å². The molecule has 1 rings (SSSR count). The van der Waals surface area contributed by atoms with Crippen LogP contribution in [-0.4, -0.2) is 26.0 Å². The molecule has 0 unspecified atom stereocenters. The van der Waals surface area contributed by atoms with Gasteiger partial charge in [-0.1, -0.05) is 0 Å². The second-order valence-corrected chi connectivity index (χ2v) is 7.47. The second kappa shape index (κ2) is 6.11. The first-order chi connectivity index (χ1) is 9.42. The largest absolute Gasteiger partial charge is 0.459 e. The Labute approximate surface area is 124 Å². The number of ether oxygens (including phenoxy) is 1. The summed E-state index contributed by atoms with van der Waals surface area (Å²) in [5, 5.41) is 0. The molecule has 0 saturated heterocycles. The molecule has 0 radical (unpaired) electrons. The molecule has 0 amide bonds. The molecule has 5 nitrogen and oxygen atoms in total. The molecule has 0 fully saturated rings. The Balaban J connectivity index is 2.92. The molecule has 0 aliphatic carbocycles. The molecule has 0 aliphatic rings. The highest BCUT2D eigenvalue weighted by Crippen LogP contribution is 2.17. The van der Waals surface area contributed by atoms with Crippen LogP contribution in [0.1, 0.15) is 33.3 Å². The maximum Gasteiger partial charge on any atom is 0.324 e. The topological polar surface area (TPSA) is 72.5 Å². The lowest BCUT2D eigenvalue weighted by Gasteiger charge is -2.22. The molecule has 0 spiro atoms. The summed E-state index contributed by atoms with van der Waals surface area (Å²) in [5.41, 5.74) is -0.443. The molecule has 0 bridgehead atoms. The van der Waals surface area contributed by atoms with Crippen molar-refractivity contribution in [1.29, 1.82) is 0 Å². The van der Waals surface area contributed by atoms with Gasteiger partial charge in [0.1, 0.15) is 17.5 Å². The van der Waals surface area contributed by atoms with Gasteiger partial charge in [0.05, 0.1) is 4.90 Å². The van der Waals surface area contributed by atoms with Gasteiger partial charge in [-0.3, -0.25) is 4.79 Å². The molecule has 0 saturated carbocycles. The van der Waals surface area contributed by atoms with Gasteiger partial charge in [-0.15, -0.1) is 0 Å². The number of hydrogen-bond donors (Lipinski definition) is 1. The fraction of sp³-hybridized carbons (Fsp3) is 0.500. The molecule has 21 heavy (non-hydrogen) atoms. The van der Waals surface area contributed by atoms with Crippen LogP contribution in [0.15, 0.2) is 23.1 Å². The summed E-state index contributed by atoms with van der Waals surface area (Å²) in [5.74, 6) is -1.20. The number of halogens is 1. The van der Waals surface area contributed by atoms with Gasteiger partial charge in [-0.25, -0.2) is 12.8 Å². The fourth-order valence-corrected chi connectivity index (χ4v) is 3.07. The van der Waals surface area contributed by atoms with Gasteiger partial charge in [0.15, 0.2) is 0 Å². The predicted octanol–water partition coefficient (Wildman–Crippen LogP) is 2.14. The Bertz CT molecular complexity index is 635. The summed E-state index contributed by atoms with van der Waals surface area (Å²) < 4.78 is 44.8. The van der Waals surface area contributed by atoms with Crippen LogP contribution in [0.3, 0.4) is 0 Å². The Morgan fingerprint density at radius 1 is 1.33 bits per heavy atom. The van der Waals surface area contributed by atoms with Crippen molar-refractivity contribution in [3.63, 3.8) is 0 Å². The number of esters is 1. The van der Waals surface area contributed by atoms with E-state index >= 15 is 0 Å². The number of carbonyl (C=O) groups is 1. The van der Waals surface area contributed by atoms with Crippen LogP contribution < -0.4 is 4.72 Å². The Morgan fingerprint density at radius 2 is 1.90 bits per heavy atom. The van der Waals surface area contributed by atoms with Crippen molar-refractivity contribution < 1.29 is 22.3 Å². The van der Waals surface area contributed by atoms with Gasteiger partial charge < -0.3 is 4.74 Å². The van der Waals surface area contributed by atoms with Crippen LogP contribution in [-0.2, 0) is 19.6 Å². The Kier molecular flexibility index (Phi) is 5.11. The summed E-state index contributed by atoms with van der Waals surface area (Å²) in [6.07, 6.45) is 0. The van der Waals surface area contributed by atoms with Gasteiger partial charge in [-0.2, -0.15) is 4.72 Å². The van der Waals surface area contributed by atoms with Crippen molar-refractivity contribution in [3.05, 3.63) is 29.6 Å². The summed E-state index contributed by atoms with van der Waals surface area (Å²) in [7, 11) is -3.93. The Hall–Kier alpha value is -1.47. The maximum atomic E-state index is 13.0. The van der Waals surface area contributed by atoms with Gasteiger partial charge in [0.2, 0.25) is 10.0 Å². The second-order valence-electron chi connectivity index (χ2n) is 5.79. The molecule has 7 heteroatoms. The van der Waals surface area contributed by atoms with Crippen molar-refractivity contribution in [2.24, 2.45) is 0 Å². The zero-order valence-corrected chi connectivity index (χ0v) is 13.5. The normalized spacial score (nSPS) is 13.8. The summed E-state index contributed by atoms with van der Waals surface area (Å²) >= 11 is 0. The first kappa shape index (κ1) is 17.6. The van der Waals surface area contributed by atoms with Crippen molar-refractivity contribution in [3.8, 4) is 0 Å². The monoisotopic (exact) mass is 317 g/mol. The van der Waals surface area contributed by atoms with E-state index in [1.165, 1.54) is 13.8 Å². The zero-order valence-electron chi connectivity index (χ0n) is 12.7. The minimum Gasteiger partial charge on any atom is -0.459 e. The standard InChI is InChI=1S/C14H20FNO4S/c1-9-8-11(15)6-7-12(9)21(18,19)16-10(2)13(17)20-14(3,4)5/h6-8,10,16H,1-5H3/t10-/m1/s1. The van der Waals surface area contributed by atoms with E-state index in [9.17, 15) is 17.6 Å². The highest BCUT2D eigenvalue weighted by molar-refractivity contribution is 7.89. The number of aryl methyl sites for hydroxylation is 1. The van der Waals surface area contributed by atoms with Crippen LogP contribution in [0.25, 0.3) is 0 Å². The van der Waals surface area contributed by atoms with E-state index in [-0.39, 0.29) is 10.5 Å². The molecule has 1 aromatic carbocycles. The number of nitrogens with one attached hydrogen (secondary N) is 1. The van der Waals surface area contributed by atoms with Crippen LogP contribution in [0.4, 0.5) is 4.39 Å². The minimum absolute atomic E-state index is 0.0701. The Morgan fingerprint density at radius 3 is 2.38 bits per heavy atom. The van der Waals surface area contributed by atoms with E-state index in [1.54, 1.807) is 20.8 Å². The SMILES string of the molecule is Cc1cc(F)ccc1S(=O)(=O)N[C@H](C)C(=O)OC(C)(C)C. The van der Waals surface area contributed by atoms with Crippen molar-refractivity contribution in [1.82, 2.24) is 4.72 Å². The fourth-order valence-electron chi connectivity index (χ4n) is 1.65. The smallest absolute Gasteiger partial charge is 0.324 e. The minimum atomic E-state index is -3.93. The first-order valence-electron chi connectivity index (χ1n) is 6.44. The van der Waals surface area contributed by atoms with E-state index in [0.717, 1.165) is 18.2 Å². The van der Waals surface area contributed by atoms with Gasteiger partial charge in [0.25, 0.3) is 0 Å². The third kappa shape index (κ3) is 5.09. The third-order valence-corrected chi connectivity index (χ3v) is 4.22. The molecular weight excluding hydrogens is 297 g/mol. The molecule has 1 atom stereocenters. The third-order valence-electron chi connectivity index (χ3n) is 2.52. The van der Waals surface area contributed by atoms with E-state index < -0.39 is 33.5 Å². The average molecular weight is 317 g/mol. The lowest BCUT2D eigenvalue weighted by atomic mass is 10.2. The van der Waals surface area contributed by atoms with Crippen LogP contribution >= 0.6 is 0 Å². The highest BCUT2D eigenvalue weighted by Gasteiger charge is 2.27. The lowest BCUT2D eigenvalue weighted by molar-refractivity contribution is -0.156. The number of sulfonamides is 1. The molecule has 118 valence electrons. The average Bonchev–Trinajstić information content (AvgIpc) is 2.24. The lowest BCUT2D eigenvalue weighted by Crippen LogP contribution is -2.42. The maximum absolute atomic E-state index is 13.0. The molecule has 1 aromatic rings. The molecule has 0 heterocycles. The summed E-state index contributed by atoms with van der Waals surface area (Å²) in [4.78, 5) is 11.7. The van der Waals surface area contributed by atoms with E-state index in [0.29, 0.717) is 0 Å². The van der Waals surface area contributed by atoms with Gasteiger partial charge in [-0.05, 0) is 58.4 Å². The summed E-state index contributed by atoms with van der Waals surface area (Å²) in [6, 6.07) is 2.29. The quantitative estimate of drug-likeness (QED) is 0.864. The molecule has 1 N–H and O–H groups in total. The van der Waals surface area contributed by atoms with Gasteiger partial charge >= 0.3 is 5.97 Å². The molecule has 0 aromatic heterocycles. The van der Waals surface area contributed by atoms with Crippen LogP contribution in [0, 0.1) is 12.7 Å². The zero-order chi connectivity index (χ0) is 16.4. The van der Waals surface area contributed by atoms with Crippen molar-refractivity contribution in [2.75, 3.05) is 0 Å². The van der Waals surface area contributed by atoms with Crippen LogP contribution in [0.5, 0.6) is 0 Å².